The fourth-order valence-electron chi connectivity index (χ4n) is 8.62. The van der Waals surface area contributed by atoms with Crippen molar-refractivity contribution in [2.45, 2.75) is 297 Å². The van der Waals surface area contributed by atoms with E-state index in [0.29, 0.717) is 19.3 Å². The maximum atomic E-state index is 12.9. The summed E-state index contributed by atoms with van der Waals surface area (Å²) in [6.45, 7) is 6.47. The normalized spacial score (nSPS) is 12.9. The number of hydrogen-bond donors (Lipinski definition) is 0. The molecule has 0 saturated carbocycles. The molecule has 1 unspecified atom stereocenters. The van der Waals surface area contributed by atoms with Gasteiger partial charge in [-0.15, -0.1) is 0 Å². The molecule has 438 valence electrons. The van der Waals surface area contributed by atoms with Crippen molar-refractivity contribution >= 4 is 17.9 Å². The topological polar surface area (TPSA) is 78.9 Å². The van der Waals surface area contributed by atoms with Crippen molar-refractivity contribution in [2.75, 3.05) is 13.2 Å². The lowest BCUT2D eigenvalue weighted by atomic mass is 10.1. The molecule has 0 radical (unpaired) electrons. The number of unbranched alkanes of at least 4 members (excludes halogenated alkanes) is 26. The van der Waals surface area contributed by atoms with Crippen LogP contribution in [-0.4, -0.2) is 37.2 Å². The zero-order valence-corrected chi connectivity index (χ0v) is 50.2. The second-order valence-electron chi connectivity index (χ2n) is 20.9. The minimum atomic E-state index is -0.796. The summed E-state index contributed by atoms with van der Waals surface area (Å²) < 4.78 is 16.9. The molecule has 1 atom stereocenters. The SMILES string of the molecule is CC/C=C\C/C=C\C/C=C\C/C=C\C/C=C\C/C=C\C/C=C\CCCCCCCC(=O)OCC(COC(=O)CCCCCCC/C=C\CCCCCC)OC(=O)CCCCCCCCCCC/C=C\C/C=C\CCCCC. The Morgan fingerprint density at radius 2 is 0.506 bits per heavy atom. The second-order valence-corrected chi connectivity index (χ2v) is 20.9. The lowest BCUT2D eigenvalue weighted by molar-refractivity contribution is -0.167. The predicted molar refractivity (Wildman–Crippen MR) is 334 cm³/mol. The van der Waals surface area contributed by atoms with Crippen molar-refractivity contribution < 1.29 is 28.6 Å². The minimum absolute atomic E-state index is 0.0920. The first-order valence-corrected chi connectivity index (χ1v) is 32.0. The monoisotopic (exact) mass is 1070 g/mol. The lowest BCUT2D eigenvalue weighted by Gasteiger charge is -2.18. The zero-order valence-electron chi connectivity index (χ0n) is 50.2. The minimum Gasteiger partial charge on any atom is -0.462 e. The van der Waals surface area contributed by atoms with E-state index in [4.69, 9.17) is 14.2 Å². The smallest absolute Gasteiger partial charge is 0.306 e. The first-order valence-electron chi connectivity index (χ1n) is 32.0. The lowest BCUT2D eigenvalue weighted by Crippen LogP contribution is -2.30. The van der Waals surface area contributed by atoms with Gasteiger partial charge in [-0.2, -0.15) is 0 Å². The van der Waals surface area contributed by atoms with Gasteiger partial charge in [0.25, 0.3) is 0 Å². The van der Waals surface area contributed by atoms with Gasteiger partial charge in [0.05, 0.1) is 0 Å². The third-order valence-electron chi connectivity index (χ3n) is 13.4. The Morgan fingerprint density at radius 3 is 0.831 bits per heavy atom. The molecule has 0 rings (SSSR count). The van der Waals surface area contributed by atoms with Crippen LogP contribution in [0.2, 0.25) is 0 Å². The highest BCUT2D eigenvalue weighted by molar-refractivity contribution is 5.71. The Kier molecular flexibility index (Phi) is 60.8. The fraction of sp³-hybridized carbons (Fsp3) is 0.676. The predicted octanol–water partition coefficient (Wildman–Crippen LogP) is 22.0. The van der Waals surface area contributed by atoms with Crippen molar-refractivity contribution in [3.05, 3.63) is 122 Å². The number of carbonyl (C=O) groups is 3. The molecule has 0 spiro atoms. The molecule has 0 amide bonds. The number of esters is 3. The molecule has 0 aliphatic rings. The molecule has 0 aromatic rings. The molecule has 0 fully saturated rings. The van der Waals surface area contributed by atoms with E-state index in [-0.39, 0.29) is 31.1 Å². The van der Waals surface area contributed by atoms with Crippen molar-refractivity contribution in [2.24, 2.45) is 0 Å². The summed E-state index contributed by atoms with van der Waals surface area (Å²) in [7, 11) is 0. The number of ether oxygens (including phenoxy) is 3. The average Bonchev–Trinajstić information content (AvgIpc) is 3.43. The van der Waals surface area contributed by atoms with Crippen molar-refractivity contribution in [3.63, 3.8) is 0 Å². The van der Waals surface area contributed by atoms with Crippen LogP contribution in [0.3, 0.4) is 0 Å². The summed E-state index contributed by atoms with van der Waals surface area (Å²) in [5, 5.41) is 0. The number of hydrogen-bond acceptors (Lipinski definition) is 6. The molecule has 0 aromatic carbocycles. The van der Waals surface area contributed by atoms with E-state index in [1.807, 2.05) is 0 Å². The third-order valence-corrected chi connectivity index (χ3v) is 13.4. The van der Waals surface area contributed by atoms with E-state index in [1.54, 1.807) is 0 Å². The van der Waals surface area contributed by atoms with E-state index in [2.05, 4.69) is 142 Å². The van der Waals surface area contributed by atoms with Crippen LogP contribution in [0.15, 0.2) is 122 Å². The van der Waals surface area contributed by atoms with Gasteiger partial charge in [-0.05, 0) is 135 Å². The number of carbonyl (C=O) groups excluding carboxylic acids is 3. The highest BCUT2D eigenvalue weighted by Gasteiger charge is 2.19. The first-order chi connectivity index (χ1) is 38.0. The average molecular weight is 1070 g/mol. The maximum Gasteiger partial charge on any atom is 0.306 e. The second kappa shape index (κ2) is 64.3. The van der Waals surface area contributed by atoms with Crippen LogP contribution in [0.4, 0.5) is 0 Å². The van der Waals surface area contributed by atoms with Gasteiger partial charge in [0.1, 0.15) is 13.2 Å². The summed E-state index contributed by atoms with van der Waals surface area (Å²) in [6, 6.07) is 0. The quantitative estimate of drug-likeness (QED) is 0.0261. The van der Waals surface area contributed by atoms with Crippen molar-refractivity contribution in [1.29, 1.82) is 0 Å². The van der Waals surface area contributed by atoms with E-state index >= 15 is 0 Å². The van der Waals surface area contributed by atoms with E-state index in [9.17, 15) is 14.4 Å². The highest BCUT2D eigenvalue weighted by Crippen LogP contribution is 2.15. The Morgan fingerprint density at radius 1 is 0.273 bits per heavy atom. The van der Waals surface area contributed by atoms with Gasteiger partial charge < -0.3 is 14.2 Å². The van der Waals surface area contributed by atoms with Gasteiger partial charge in [-0.3, -0.25) is 14.4 Å². The van der Waals surface area contributed by atoms with Crippen LogP contribution in [0.1, 0.15) is 290 Å². The van der Waals surface area contributed by atoms with Crippen molar-refractivity contribution in [1.82, 2.24) is 0 Å². The molecule has 0 aromatic heterocycles. The van der Waals surface area contributed by atoms with E-state index in [1.165, 1.54) is 116 Å². The molecular formula is C71H118O6. The van der Waals surface area contributed by atoms with Gasteiger partial charge in [0.2, 0.25) is 0 Å². The van der Waals surface area contributed by atoms with Gasteiger partial charge in [-0.1, -0.05) is 258 Å². The molecule has 0 heterocycles. The van der Waals surface area contributed by atoms with Crippen LogP contribution in [0, 0.1) is 0 Å². The van der Waals surface area contributed by atoms with Gasteiger partial charge in [0.15, 0.2) is 6.10 Å². The largest absolute Gasteiger partial charge is 0.462 e. The Balaban J connectivity index is 4.39. The zero-order chi connectivity index (χ0) is 55.7. The number of rotatable bonds is 57. The van der Waals surface area contributed by atoms with Crippen LogP contribution in [-0.2, 0) is 28.6 Å². The van der Waals surface area contributed by atoms with Crippen LogP contribution in [0.25, 0.3) is 0 Å². The summed E-state index contributed by atoms with van der Waals surface area (Å²) in [5.41, 5.74) is 0. The van der Waals surface area contributed by atoms with Gasteiger partial charge in [0, 0.05) is 19.3 Å². The molecule has 0 saturated heterocycles. The molecular weight excluding hydrogens is 949 g/mol. The van der Waals surface area contributed by atoms with Crippen molar-refractivity contribution in [3.8, 4) is 0 Å². The third kappa shape index (κ3) is 62.5. The molecule has 0 N–H and O–H groups in total. The van der Waals surface area contributed by atoms with Gasteiger partial charge >= 0.3 is 17.9 Å². The highest BCUT2D eigenvalue weighted by atomic mass is 16.6. The molecule has 6 heteroatoms. The Labute approximate surface area is 475 Å². The molecule has 6 nitrogen and oxygen atoms in total. The molecule has 0 bridgehead atoms. The number of allylic oxidation sites excluding steroid dienone is 20. The summed E-state index contributed by atoms with van der Waals surface area (Å²) in [6.07, 6.45) is 89.1. The van der Waals surface area contributed by atoms with Crippen LogP contribution >= 0.6 is 0 Å². The van der Waals surface area contributed by atoms with Crippen LogP contribution in [0.5, 0.6) is 0 Å². The standard InChI is InChI=1S/C71H118O6/c1-4-7-10-13-16-19-22-25-27-29-31-32-33-34-35-36-37-38-40-41-43-46-49-52-55-58-61-64-70(73)76-67-68(66-75-69(72)63-60-57-54-51-48-45-24-21-18-15-12-9-6-3)77-71(74)65-62-59-56-53-50-47-44-42-39-30-28-26-23-20-17-14-11-8-5-2/h7,10,16-17,19-21,24-28,31-32,34-35,37-38,41,43,68H,4-6,8-9,11-15,18,22-23,29-30,33,36,39-40,42,44-67H2,1-3H3/b10-7-,19-16-,20-17-,24-21-,27-25-,28-26-,32-31-,35-34-,38-37-,43-41-. The first kappa shape index (κ1) is 72.8. The Hall–Kier alpha value is -4.19. The maximum absolute atomic E-state index is 12.9. The summed E-state index contributed by atoms with van der Waals surface area (Å²) >= 11 is 0. The molecule has 77 heavy (non-hydrogen) atoms. The molecule has 0 aliphatic heterocycles. The van der Waals surface area contributed by atoms with E-state index < -0.39 is 6.10 Å². The van der Waals surface area contributed by atoms with Crippen LogP contribution < -0.4 is 0 Å². The Bertz CT molecular complexity index is 1600. The van der Waals surface area contributed by atoms with Gasteiger partial charge in [-0.25, -0.2) is 0 Å². The fourth-order valence-corrected chi connectivity index (χ4v) is 8.62. The summed E-state index contributed by atoms with van der Waals surface area (Å²) in [5.74, 6) is -0.920. The molecule has 0 aliphatic carbocycles. The van der Waals surface area contributed by atoms with E-state index in [0.717, 1.165) is 135 Å². The summed E-state index contributed by atoms with van der Waals surface area (Å²) in [4.78, 5) is 38.3.